The van der Waals surface area contributed by atoms with Gasteiger partial charge in [0.05, 0.1) is 0 Å². The number of rotatable bonds is 5. The second-order valence-corrected chi connectivity index (χ2v) is 7.03. The van der Waals surface area contributed by atoms with Crippen molar-refractivity contribution in [1.82, 2.24) is 14.5 Å². The van der Waals surface area contributed by atoms with E-state index in [1.165, 1.54) is 25.2 Å². The number of carbonyl (C=O) groups excluding carboxylic acids is 1. The second-order valence-electron chi connectivity index (χ2n) is 7.03. The van der Waals surface area contributed by atoms with Gasteiger partial charge in [0.2, 0.25) is 5.91 Å². The van der Waals surface area contributed by atoms with Gasteiger partial charge in [-0.15, -0.1) is 0 Å². The van der Waals surface area contributed by atoms with Crippen LogP contribution < -0.4 is 21.5 Å². The van der Waals surface area contributed by atoms with Crippen molar-refractivity contribution in [3.63, 3.8) is 0 Å². The molecule has 1 N–H and O–H groups in total. The zero-order chi connectivity index (χ0) is 20.3. The van der Waals surface area contributed by atoms with E-state index in [1.54, 1.807) is 16.7 Å². The van der Waals surface area contributed by atoms with Gasteiger partial charge in [0.25, 0.3) is 5.56 Å². The standard InChI is InChI=1S/C20H25FN4O3/c1-3-25-17(12-18(26)23(2)20(25)28)24-10-8-15(9-11-24)19(27)22-13-14-4-6-16(21)7-5-14/h4-7,12,15H,3,8-11,13H2,1-2H3,(H,22,27). The highest BCUT2D eigenvalue weighted by atomic mass is 19.1. The summed E-state index contributed by atoms with van der Waals surface area (Å²) >= 11 is 0. The maximum atomic E-state index is 12.9. The summed E-state index contributed by atoms with van der Waals surface area (Å²) in [6, 6.07) is 7.53. The third-order valence-electron chi connectivity index (χ3n) is 5.26. The highest BCUT2D eigenvalue weighted by Crippen LogP contribution is 2.22. The highest BCUT2D eigenvalue weighted by Gasteiger charge is 2.26. The Balaban J connectivity index is 1.61. The summed E-state index contributed by atoms with van der Waals surface area (Å²) in [6.45, 7) is 3.90. The SMILES string of the molecule is CCn1c(N2CCC(C(=O)NCc3ccc(F)cc3)CC2)cc(=O)n(C)c1=O. The zero-order valence-corrected chi connectivity index (χ0v) is 16.2. The first-order valence-electron chi connectivity index (χ1n) is 9.48. The molecule has 0 bridgehead atoms. The van der Waals surface area contributed by atoms with E-state index in [0.29, 0.717) is 44.8 Å². The molecule has 150 valence electrons. The first-order valence-corrected chi connectivity index (χ1v) is 9.48. The van der Waals surface area contributed by atoms with Crippen molar-refractivity contribution in [1.29, 1.82) is 0 Å². The molecular formula is C20H25FN4O3. The highest BCUT2D eigenvalue weighted by molar-refractivity contribution is 5.79. The largest absolute Gasteiger partial charge is 0.358 e. The van der Waals surface area contributed by atoms with Gasteiger partial charge in [-0.2, -0.15) is 0 Å². The van der Waals surface area contributed by atoms with E-state index in [0.717, 1.165) is 10.1 Å². The normalized spacial score (nSPS) is 14.9. The molecule has 1 fully saturated rings. The van der Waals surface area contributed by atoms with Gasteiger partial charge in [-0.05, 0) is 37.5 Å². The van der Waals surface area contributed by atoms with Crippen molar-refractivity contribution in [3.05, 3.63) is 62.6 Å². The van der Waals surface area contributed by atoms with E-state index in [2.05, 4.69) is 5.32 Å². The topological polar surface area (TPSA) is 76.3 Å². The van der Waals surface area contributed by atoms with Crippen molar-refractivity contribution in [2.75, 3.05) is 18.0 Å². The fraction of sp³-hybridized carbons (Fsp3) is 0.450. The van der Waals surface area contributed by atoms with Gasteiger partial charge in [0, 0.05) is 45.2 Å². The summed E-state index contributed by atoms with van der Waals surface area (Å²) in [5.74, 6) is 0.162. The molecule has 1 aromatic heterocycles. The Morgan fingerprint density at radius 1 is 1.18 bits per heavy atom. The average molecular weight is 388 g/mol. The number of benzene rings is 1. The molecule has 1 aromatic carbocycles. The van der Waals surface area contributed by atoms with Crippen LogP contribution in [0.2, 0.25) is 0 Å². The Labute approximate surface area is 162 Å². The monoisotopic (exact) mass is 388 g/mol. The van der Waals surface area contributed by atoms with Gasteiger partial charge in [0.1, 0.15) is 11.6 Å². The maximum absolute atomic E-state index is 12.9. The van der Waals surface area contributed by atoms with E-state index in [9.17, 15) is 18.8 Å². The Hall–Kier alpha value is -2.90. The number of hydrogen-bond acceptors (Lipinski definition) is 4. The molecule has 1 saturated heterocycles. The van der Waals surface area contributed by atoms with Crippen molar-refractivity contribution < 1.29 is 9.18 Å². The van der Waals surface area contributed by atoms with Crippen LogP contribution in [0.1, 0.15) is 25.3 Å². The maximum Gasteiger partial charge on any atom is 0.332 e. The third-order valence-corrected chi connectivity index (χ3v) is 5.26. The predicted octanol–water partition coefficient (Wildman–Crippen LogP) is 1.24. The Kier molecular flexibility index (Phi) is 5.96. The molecule has 2 aromatic rings. The zero-order valence-electron chi connectivity index (χ0n) is 16.2. The summed E-state index contributed by atoms with van der Waals surface area (Å²) in [6.07, 6.45) is 1.28. The van der Waals surface area contributed by atoms with Crippen molar-refractivity contribution in [3.8, 4) is 0 Å². The number of aromatic nitrogens is 2. The lowest BCUT2D eigenvalue weighted by atomic mass is 9.95. The summed E-state index contributed by atoms with van der Waals surface area (Å²) in [5, 5.41) is 2.90. The number of nitrogens with zero attached hydrogens (tertiary/aromatic N) is 3. The Bertz CT molecular complexity index is 957. The molecule has 3 rings (SSSR count). The van der Waals surface area contributed by atoms with Gasteiger partial charge in [-0.25, -0.2) is 9.18 Å². The number of anilines is 1. The summed E-state index contributed by atoms with van der Waals surface area (Å²) in [7, 11) is 1.47. The van der Waals surface area contributed by atoms with Crippen molar-refractivity contribution in [2.24, 2.45) is 13.0 Å². The third kappa shape index (κ3) is 4.16. The number of amides is 1. The molecule has 0 radical (unpaired) electrons. The van der Waals surface area contributed by atoms with Crippen LogP contribution in [0.4, 0.5) is 10.2 Å². The van der Waals surface area contributed by atoms with Crippen LogP contribution in [0.15, 0.2) is 39.9 Å². The summed E-state index contributed by atoms with van der Waals surface area (Å²) in [5.41, 5.74) is 0.187. The quantitative estimate of drug-likeness (QED) is 0.836. The minimum absolute atomic E-state index is 0.0270. The lowest BCUT2D eigenvalue weighted by Crippen LogP contribution is -2.45. The van der Waals surface area contributed by atoms with E-state index in [1.807, 2.05) is 11.8 Å². The molecule has 0 spiro atoms. The van der Waals surface area contributed by atoms with Crippen LogP contribution in [-0.4, -0.2) is 28.1 Å². The van der Waals surface area contributed by atoms with Crippen LogP contribution in [0.25, 0.3) is 0 Å². The Morgan fingerprint density at radius 3 is 2.43 bits per heavy atom. The molecule has 0 aliphatic carbocycles. The molecule has 0 saturated carbocycles. The molecular weight excluding hydrogens is 363 g/mol. The molecule has 1 amide bonds. The van der Waals surface area contributed by atoms with Gasteiger partial charge in [-0.3, -0.25) is 18.7 Å². The number of halogens is 1. The summed E-state index contributed by atoms with van der Waals surface area (Å²) in [4.78, 5) is 38.8. The smallest absolute Gasteiger partial charge is 0.332 e. The second kappa shape index (κ2) is 8.41. The number of nitrogens with one attached hydrogen (secondary N) is 1. The molecule has 1 aliphatic rings. The molecule has 0 atom stereocenters. The molecule has 1 aliphatic heterocycles. The van der Waals surface area contributed by atoms with Crippen LogP contribution in [0.5, 0.6) is 0 Å². The molecule has 0 unspecified atom stereocenters. The fourth-order valence-electron chi connectivity index (χ4n) is 3.52. The van der Waals surface area contributed by atoms with E-state index >= 15 is 0 Å². The first kappa shape index (κ1) is 19.9. The number of carbonyl (C=O) groups is 1. The van der Waals surface area contributed by atoms with E-state index < -0.39 is 0 Å². The minimum Gasteiger partial charge on any atom is -0.358 e. The lowest BCUT2D eigenvalue weighted by Gasteiger charge is -2.34. The minimum atomic E-state index is -0.330. The average Bonchev–Trinajstić information content (AvgIpc) is 2.71. The predicted molar refractivity (Wildman–Crippen MR) is 105 cm³/mol. The van der Waals surface area contributed by atoms with Crippen LogP contribution in [-0.2, 0) is 24.9 Å². The Morgan fingerprint density at radius 2 is 1.82 bits per heavy atom. The number of piperidine rings is 1. The van der Waals surface area contributed by atoms with Gasteiger partial charge >= 0.3 is 5.69 Å². The van der Waals surface area contributed by atoms with Gasteiger partial charge in [0.15, 0.2) is 0 Å². The fourth-order valence-corrected chi connectivity index (χ4v) is 3.52. The lowest BCUT2D eigenvalue weighted by molar-refractivity contribution is -0.125. The van der Waals surface area contributed by atoms with Crippen LogP contribution in [0.3, 0.4) is 0 Å². The molecule has 28 heavy (non-hydrogen) atoms. The molecule has 7 nitrogen and oxygen atoms in total. The van der Waals surface area contributed by atoms with Gasteiger partial charge in [-0.1, -0.05) is 12.1 Å². The number of hydrogen-bond donors (Lipinski definition) is 1. The van der Waals surface area contributed by atoms with Crippen LogP contribution in [0, 0.1) is 11.7 Å². The summed E-state index contributed by atoms with van der Waals surface area (Å²) < 4.78 is 15.6. The van der Waals surface area contributed by atoms with Gasteiger partial charge < -0.3 is 10.2 Å². The van der Waals surface area contributed by atoms with Crippen LogP contribution >= 0.6 is 0 Å². The molecule has 2 heterocycles. The molecule has 8 heteroatoms. The van der Waals surface area contributed by atoms with Crippen molar-refractivity contribution in [2.45, 2.75) is 32.9 Å². The van der Waals surface area contributed by atoms with E-state index in [4.69, 9.17) is 0 Å². The van der Waals surface area contributed by atoms with E-state index in [-0.39, 0.29) is 28.9 Å². The van der Waals surface area contributed by atoms with Crippen molar-refractivity contribution >= 4 is 11.7 Å². The first-order chi connectivity index (χ1) is 13.4.